The molecule has 1 atom stereocenters. The zero-order chi connectivity index (χ0) is 22.2. The fraction of sp³-hybridized carbons (Fsp3) is 0.304. The van der Waals surface area contributed by atoms with Gasteiger partial charge in [-0.25, -0.2) is 4.39 Å². The average molecular weight is 445 g/mol. The topological polar surface area (TPSA) is 82.3 Å². The first kappa shape index (κ1) is 22.6. The number of aromatic nitrogens is 2. The van der Waals surface area contributed by atoms with Crippen molar-refractivity contribution in [3.05, 3.63) is 82.2 Å². The summed E-state index contributed by atoms with van der Waals surface area (Å²) >= 11 is 5.96. The van der Waals surface area contributed by atoms with E-state index < -0.39 is 5.97 Å². The average Bonchev–Trinajstić information content (AvgIpc) is 3.19. The van der Waals surface area contributed by atoms with Gasteiger partial charge in [-0.15, -0.1) is 0 Å². The van der Waals surface area contributed by atoms with Crippen LogP contribution >= 0.6 is 11.6 Å². The van der Waals surface area contributed by atoms with E-state index >= 15 is 0 Å². The summed E-state index contributed by atoms with van der Waals surface area (Å²) in [6.07, 6.45) is 0.700. The van der Waals surface area contributed by atoms with Gasteiger partial charge in [0.05, 0.1) is 6.61 Å². The number of esters is 1. The highest BCUT2D eigenvalue weighted by Gasteiger charge is 2.23. The van der Waals surface area contributed by atoms with Crippen LogP contribution in [0.15, 0.2) is 53.1 Å². The molecule has 2 aromatic carbocycles. The van der Waals surface area contributed by atoms with Gasteiger partial charge in [0.25, 0.3) is 0 Å². The van der Waals surface area contributed by atoms with Gasteiger partial charge in [-0.3, -0.25) is 9.59 Å². The van der Waals surface area contributed by atoms with Gasteiger partial charge in [0.15, 0.2) is 5.82 Å². The van der Waals surface area contributed by atoms with Gasteiger partial charge in [0.1, 0.15) is 18.0 Å². The van der Waals surface area contributed by atoms with Crippen molar-refractivity contribution >= 4 is 23.4 Å². The van der Waals surface area contributed by atoms with Crippen LogP contribution in [0.1, 0.15) is 42.1 Å². The molecular weight excluding hydrogens is 423 g/mol. The number of hydrogen-bond donors (Lipinski definition) is 0. The molecule has 0 fully saturated rings. The lowest BCUT2D eigenvalue weighted by Gasteiger charge is -2.13. The lowest BCUT2D eigenvalue weighted by Crippen LogP contribution is -2.14. The van der Waals surface area contributed by atoms with Gasteiger partial charge in [-0.2, -0.15) is 4.98 Å². The van der Waals surface area contributed by atoms with Crippen LogP contribution in [0.3, 0.4) is 0 Å². The van der Waals surface area contributed by atoms with E-state index in [1.165, 1.54) is 12.1 Å². The van der Waals surface area contributed by atoms with E-state index in [1.807, 2.05) is 12.1 Å². The van der Waals surface area contributed by atoms with E-state index in [0.29, 0.717) is 17.3 Å². The van der Waals surface area contributed by atoms with Gasteiger partial charge >= 0.3 is 5.97 Å². The zero-order valence-corrected chi connectivity index (χ0v) is 17.8. The number of carbonyl (C=O) groups is 2. The van der Waals surface area contributed by atoms with E-state index in [1.54, 1.807) is 31.2 Å². The van der Waals surface area contributed by atoms with Crippen molar-refractivity contribution in [2.75, 3.05) is 6.61 Å². The minimum absolute atomic E-state index is 0.0395. The Balaban J connectivity index is 1.75. The molecule has 0 aliphatic rings. The molecule has 1 aromatic heterocycles. The molecule has 162 valence electrons. The van der Waals surface area contributed by atoms with Crippen LogP contribution in [-0.4, -0.2) is 28.5 Å². The van der Waals surface area contributed by atoms with Crippen molar-refractivity contribution in [1.29, 1.82) is 0 Å². The first-order valence-corrected chi connectivity index (χ1v) is 10.3. The number of rotatable bonds is 10. The zero-order valence-electron chi connectivity index (χ0n) is 17.0. The van der Waals surface area contributed by atoms with E-state index in [9.17, 15) is 14.0 Å². The Bertz CT molecular complexity index is 1020. The number of ether oxygens (including phenoxy) is 1. The van der Waals surface area contributed by atoms with Crippen molar-refractivity contribution in [3.8, 4) is 0 Å². The molecule has 3 aromatic rings. The molecule has 0 saturated heterocycles. The summed E-state index contributed by atoms with van der Waals surface area (Å²) in [6.45, 7) is 1.98. The maximum Gasteiger partial charge on any atom is 0.315 e. The smallest absolute Gasteiger partial charge is 0.315 e. The molecule has 0 unspecified atom stereocenters. The Morgan fingerprint density at radius 2 is 1.74 bits per heavy atom. The minimum Gasteiger partial charge on any atom is -0.466 e. The second-order valence-electron chi connectivity index (χ2n) is 7.10. The Kier molecular flexibility index (Phi) is 7.89. The van der Waals surface area contributed by atoms with Gasteiger partial charge in [0.2, 0.25) is 5.89 Å². The van der Waals surface area contributed by atoms with Crippen LogP contribution in [0, 0.1) is 5.82 Å². The Morgan fingerprint density at radius 1 is 1.06 bits per heavy atom. The lowest BCUT2D eigenvalue weighted by molar-refractivity contribution is -0.142. The van der Waals surface area contributed by atoms with E-state index in [4.69, 9.17) is 20.9 Å². The second-order valence-corrected chi connectivity index (χ2v) is 7.54. The molecule has 31 heavy (non-hydrogen) atoms. The van der Waals surface area contributed by atoms with Crippen molar-refractivity contribution < 1.29 is 23.2 Å². The Hall–Kier alpha value is -3.06. The molecule has 0 spiro atoms. The van der Waals surface area contributed by atoms with Crippen LogP contribution in [0.2, 0.25) is 5.02 Å². The van der Waals surface area contributed by atoms with Gasteiger partial charge in [0, 0.05) is 23.8 Å². The van der Waals surface area contributed by atoms with E-state index in [2.05, 4.69) is 10.1 Å². The highest BCUT2D eigenvalue weighted by molar-refractivity contribution is 6.30. The standard InChI is InChI=1S/C23H22ClFN2O4/c1-2-30-22(29)14-21-26-23(27-31-21)17(11-15-3-7-18(24)8-4-15)13-20(28)12-16-5-9-19(25)10-6-16/h3-10,17H,2,11-14H2,1H3/t17-/m1/s1. The van der Waals surface area contributed by atoms with E-state index in [0.717, 1.165) is 11.1 Å². The molecule has 0 amide bonds. The monoisotopic (exact) mass is 444 g/mol. The summed E-state index contributed by atoms with van der Waals surface area (Å²) in [5.74, 6) is -0.713. The number of Topliss-reactive ketones (excluding diaryl/α,β-unsaturated/α-hetero) is 1. The Labute approximate surface area is 184 Å². The van der Waals surface area contributed by atoms with Crippen LogP contribution < -0.4 is 0 Å². The lowest BCUT2D eigenvalue weighted by atomic mass is 9.91. The summed E-state index contributed by atoms with van der Waals surface area (Å²) in [6, 6.07) is 13.1. The van der Waals surface area contributed by atoms with Gasteiger partial charge in [-0.05, 0) is 48.7 Å². The van der Waals surface area contributed by atoms with Crippen LogP contribution in [-0.2, 0) is 33.6 Å². The molecule has 0 radical (unpaired) electrons. The normalized spacial score (nSPS) is 11.8. The molecule has 0 aliphatic heterocycles. The summed E-state index contributed by atoms with van der Waals surface area (Å²) < 4.78 is 23.2. The van der Waals surface area contributed by atoms with E-state index in [-0.39, 0.29) is 49.3 Å². The minimum atomic E-state index is -0.459. The summed E-state index contributed by atoms with van der Waals surface area (Å²) in [7, 11) is 0. The summed E-state index contributed by atoms with van der Waals surface area (Å²) in [4.78, 5) is 28.7. The number of hydrogen-bond acceptors (Lipinski definition) is 6. The molecule has 0 bridgehead atoms. The predicted molar refractivity (Wildman–Crippen MR) is 112 cm³/mol. The van der Waals surface area contributed by atoms with Gasteiger partial charge in [-0.1, -0.05) is 41.0 Å². The van der Waals surface area contributed by atoms with Crippen LogP contribution in [0.25, 0.3) is 0 Å². The fourth-order valence-corrected chi connectivity index (χ4v) is 3.30. The summed E-state index contributed by atoms with van der Waals surface area (Å²) in [5.41, 5.74) is 1.69. The second kappa shape index (κ2) is 10.8. The first-order valence-electron chi connectivity index (χ1n) is 9.91. The molecule has 3 rings (SSSR count). The number of ketones is 1. The summed E-state index contributed by atoms with van der Waals surface area (Å²) in [5, 5.41) is 4.61. The largest absolute Gasteiger partial charge is 0.466 e. The Morgan fingerprint density at radius 3 is 2.42 bits per heavy atom. The van der Waals surface area contributed by atoms with Crippen molar-refractivity contribution in [1.82, 2.24) is 10.1 Å². The molecule has 6 nitrogen and oxygen atoms in total. The maximum absolute atomic E-state index is 13.1. The molecule has 1 heterocycles. The van der Waals surface area contributed by atoms with Crippen LogP contribution in [0.4, 0.5) is 4.39 Å². The first-order chi connectivity index (χ1) is 14.9. The molecule has 8 heteroatoms. The molecule has 0 aliphatic carbocycles. The van der Waals surface area contributed by atoms with Gasteiger partial charge < -0.3 is 9.26 Å². The van der Waals surface area contributed by atoms with Crippen molar-refractivity contribution in [3.63, 3.8) is 0 Å². The molecule has 0 N–H and O–H groups in total. The predicted octanol–water partition coefficient (Wildman–Crippen LogP) is 4.50. The number of benzene rings is 2. The third kappa shape index (κ3) is 7.00. The molecule has 0 saturated carbocycles. The number of halogens is 2. The number of nitrogens with zero attached hydrogens (tertiary/aromatic N) is 2. The highest BCUT2D eigenvalue weighted by Crippen LogP contribution is 2.24. The van der Waals surface area contributed by atoms with Crippen LogP contribution in [0.5, 0.6) is 0 Å². The third-order valence-electron chi connectivity index (χ3n) is 4.63. The highest BCUT2D eigenvalue weighted by atomic mass is 35.5. The fourth-order valence-electron chi connectivity index (χ4n) is 3.18. The third-order valence-corrected chi connectivity index (χ3v) is 4.89. The van der Waals surface area contributed by atoms with Crippen molar-refractivity contribution in [2.24, 2.45) is 0 Å². The quantitative estimate of drug-likeness (QED) is 0.428. The SMILES string of the molecule is CCOC(=O)Cc1nc([C@@H](CC(=O)Cc2ccc(F)cc2)Cc2ccc(Cl)cc2)no1. The molecular formula is C23H22ClFN2O4. The maximum atomic E-state index is 13.1. The van der Waals surface area contributed by atoms with Crippen molar-refractivity contribution in [2.45, 2.75) is 38.5 Å². The number of carbonyl (C=O) groups excluding carboxylic acids is 2.